The summed E-state index contributed by atoms with van der Waals surface area (Å²) in [6, 6.07) is 4.16. The van der Waals surface area contributed by atoms with Gasteiger partial charge in [-0.2, -0.15) is 0 Å². The number of carbonyl (C=O) groups is 1. The number of nitrogens with zero attached hydrogens (tertiary/aromatic N) is 1. The Morgan fingerprint density at radius 1 is 1.65 bits per heavy atom. The van der Waals surface area contributed by atoms with E-state index in [9.17, 15) is 4.79 Å². The van der Waals surface area contributed by atoms with E-state index >= 15 is 0 Å². The monoisotopic (exact) mass is 234 g/mol. The van der Waals surface area contributed by atoms with E-state index in [2.05, 4.69) is 10.3 Å². The number of esters is 1. The maximum Gasteiger partial charge on any atom is 0.330 e. The first-order valence-corrected chi connectivity index (χ1v) is 6.02. The summed E-state index contributed by atoms with van der Waals surface area (Å²) >= 11 is 0. The Bertz CT molecular complexity index is 390. The van der Waals surface area contributed by atoms with Crippen LogP contribution in [0.4, 0.5) is 0 Å². The SMILES string of the molecule is CCOC(=O)C(C)(NC1CC1)c1cccnc1. The minimum atomic E-state index is -0.786. The third-order valence-corrected chi connectivity index (χ3v) is 2.99. The fourth-order valence-electron chi connectivity index (χ4n) is 1.83. The zero-order valence-corrected chi connectivity index (χ0v) is 10.3. The van der Waals surface area contributed by atoms with Gasteiger partial charge >= 0.3 is 5.97 Å². The van der Waals surface area contributed by atoms with Gasteiger partial charge in [-0.25, -0.2) is 4.79 Å². The molecular weight excluding hydrogens is 216 g/mol. The maximum absolute atomic E-state index is 12.1. The predicted molar refractivity (Wildman–Crippen MR) is 64.4 cm³/mol. The number of aromatic nitrogens is 1. The van der Waals surface area contributed by atoms with Crippen LogP contribution in [-0.2, 0) is 15.1 Å². The van der Waals surface area contributed by atoms with Crippen LogP contribution in [0.1, 0.15) is 32.3 Å². The fourth-order valence-corrected chi connectivity index (χ4v) is 1.83. The van der Waals surface area contributed by atoms with Crippen LogP contribution < -0.4 is 5.32 Å². The Labute approximate surface area is 101 Å². The molecule has 0 aliphatic heterocycles. The zero-order chi connectivity index (χ0) is 12.3. The van der Waals surface area contributed by atoms with Crippen LogP contribution in [0.2, 0.25) is 0 Å². The third kappa shape index (κ3) is 2.64. The van der Waals surface area contributed by atoms with E-state index in [1.54, 1.807) is 12.4 Å². The van der Waals surface area contributed by atoms with Gasteiger partial charge in [0.1, 0.15) is 5.54 Å². The van der Waals surface area contributed by atoms with Gasteiger partial charge in [-0.15, -0.1) is 0 Å². The number of hydrogen-bond acceptors (Lipinski definition) is 4. The van der Waals surface area contributed by atoms with E-state index in [0.29, 0.717) is 12.6 Å². The van der Waals surface area contributed by atoms with Crippen LogP contribution >= 0.6 is 0 Å². The van der Waals surface area contributed by atoms with Crippen molar-refractivity contribution in [3.8, 4) is 0 Å². The number of pyridine rings is 1. The van der Waals surface area contributed by atoms with Gasteiger partial charge in [0.05, 0.1) is 6.61 Å². The van der Waals surface area contributed by atoms with Gasteiger partial charge in [0.2, 0.25) is 0 Å². The quantitative estimate of drug-likeness (QED) is 0.786. The molecule has 1 saturated carbocycles. The molecule has 4 nitrogen and oxygen atoms in total. The van der Waals surface area contributed by atoms with Crippen LogP contribution in [0, 0.1) is 0 Å². The Kier molecular flexibility index (Phi) is 3.43. The largest absolute Gasteiger partial charge is 0.464 e. The van der Waals surface area contributed by atoms with Crippen molar-refractivity contribution in [1.29, 1.82) is 0 Å². The Morgan fingerprint density at radius 3 is 2.94 bits per heavy atom. The standard InChI is InChI=1S/C13H18N2O2/c1-3-17-12(16)13(2,15-11-6-7-11)10-5-4-8-14-9-10/h4-5,8-9,11,15H,3,6-7H2,1-2H3. The molecule has 0 aromatic carbocycles. The Balaban J connectivity index is 2.25. The van der Waals surface area contributed by atoms with Crippen molar-refractivity contribution in [3.05, 3.63) is 30.1 Å². The summed E-state index contributed by atoms with van der Waals surface area (Å²) in [6.07, 6.45) is 5.66. The van der Waals surface area contributed by atoms with Gasteiger partial charge in [-0.05, 0) is 32.8 Å². The average molecular weight is 234 g/mol. The highest BCUT2D eigenvalue weighted by Crippen LogP contribution is 2.29. The third-order valence-electron chi connectivity index (χ3n) is 2.99. The predicted octanol–water partition coefficient (Wildman–Crippen LogP) is 1.61. The molecule has 17 heavy (non-hydrogen) atoms. The normalized spacial score (nSPS) is 18.5. The molecule has 1 aliphatic carbocycles. The van der Waals surface area contributed by atoms with Gasteiger partial charge in [-0.3, -0.25) is 10.3 Å². The molecule has 0 spiro atoms. The van der Waals surface area contributed by atoms with Gasteiger partial charge in [0.25, 0.3) is 0 Å². The lowest BCUT2D eigenvalue weighted by Gasteiger charge is -2.28. The zero-order valence-electron chi connectivity index (χ0n) is 10.3. The highest BCUT2D eigenvalue weighted by molar-refractivity contribution is 5.82. The summed E-state index contributed by atoms with van der Waals surface area (Å²) in [5, 5.41) is 3.35. The molecule has 2 rings (SSSR count). The first-order valence-electron chi connectivity index (χ1n) is 6.02. The van der Waals surface area contributed by atoms with Crippen molar-refractivity contribution < 1.29 is 9.53 Å². The molecule has 0 bridgehead atoms. The minimum absolute atomic E-state index is 0.236. The van der Waals surface area contributed by atoms with Crippen molar-refractivity contribution in [3.63, 3.8) is 0 Å². The van der Waals surface area contributed by atoms with Gasteiger partial charge in [-0.1, -0.05) is 6.07 Å². The van der Waals surface area contributed by atoms with E-state index in [4.69, 9.17) is 4.74 Å². The second-order valence-corrected chi connectivity index (χ2v) is 4.51. The molecule has 1 fully saturated rings. The molecule has 1 atom stereocenters. The number of carbonyl (C=O) groups excluding carboxylic acids is 1. The van der Waals surface area contributed by atoms with Gasteiger partial charge in [0, 0.05) is 24.0 Å². The molecule has 0 saturated heterocycles. The molecule has 4 heteroatoms. The molecular formula is C13H18N2O2. The lowest BCUT2D eigenvalue weighted by molar-refractivity contribution is -0.151. The molecule has 1 aliphatic rings. The summed E-state index contributed by atoms with van der Waals surface area (Å²) in [6.45, 7) is 4.07. The summed E-state index contributed by atoms with van der Waals surface area (Å²) in [7, 11) is 0. The van der Waals surface area contributed by atoms with E-state index < -0.39 is 5.54 Å². The van der Waals surface area contributed by atoms with Crippen LogP contribution in [0.3, 0.4) is 0 Å². The molecule has 1 aromatic rings. The molecule has 1 unspecified atom stereocenters. The second kappa shape index (κ2) is 4.84. The van der Waals surface area contributed by atoms with Crippen LogP contribution in [0.15, 0.2) is 24.5 Å². The second-order valence-electron chi connectivity index (χ2n) is 4.51. The molecule has 0 radical (unpaired) electrons. The van der Waals surface area contributed by atoms with E-state index in [0.717, 1.165) is 18.4 Å². The lowest BCUT2D eigenvalue weighted by Crippen LogP contribution is -2.48. The highest BCUT2D eigenvalue weighted by atomic mass is 16.5. The van der Waals surface area contributed by atoms with Crippen molar-refractivity contribution in [2.24, 2.45) is 0 Å². The van der Waals surface area contributed by atoms with Gasteiger partial charge < -0.3 is 4.74 Å². The number of ether oxygens (including phenoxy) is 1. The van der Waals surface area contributed by atoms with Crippen LogP contribution in [0.5, 0.6) is 0 Å². The number of nitrogens with one attached hydrogen (secondary N) is 1. The van der Waals surface area contributed by atoms with Crippen molar-refractivity contribution in [2.45, 2.75) is 38.3 Å². The van der Waals surface area contributed by atoms with E-state index in [1.807, 2.05) is 26.0 Å². The van der Waals surface area contributed by atoms with Crippen LogP contribution in [-0.4, -0.2) is 23.6 Å². The Hall–Kier alpha value is -1.42. The smallest absolute Gasteiger partial charge is 0.330 e. The fraction of sp³-hybridized carbons (Fsp3) is 0.538. The summed E-state index contributed by atoms with van der Waals surface area (Å²) in [4.78, 5) is 16.2. The first-order chi connectivity index (χ1) is 8.16. The first kappa shape index (κ1) is 12.0. The molecule has 1 heterocycles. The number of rotatable bonds is 5. The summed E-state index contributed by atoms with van der Waals surface area (Å²) in [5.41, 5.74) is 0.0659. The molecule has 92 valence electrons. The van der Waals surface area contributed by atoms with E-state index in [1.165, 1.54) is 0 Å². The van der Waals surface area contributed by atoms with Gasteiger partial charge in [0.15, 0.2) is 0 Å². The van der Waals surface area contributed by atoms with E-state index in [-0.39, 0.29) is 5.97 Å². The Morgan fingerprint density at radius 2 is 2.41 bits per heavy atom. The molecule has 0 amide bonds. The van der Waals surface area contributed by atoms with Crippen molar-refractivity contribution in [1.82, 2.24) is 10.3 Å². The van der Waals surface area contributed by atoms with Crippen molar-refractivity contribution >= 4 is 5.97 Å². The maximum atomic E-state index is 12.1. The average Bonchev–Trinajstić information content (AvgIpc) is 3.14. The summed E-state index contributed by atoms with van der Waals surface area (Å²) in [5.74, 6) is -0.236. The molecule has 1 aromatic heterocycles. The lowest BCUT2D eigenvalue weighted by atomic mass is 9.93. The highest BCUT2D eigenvalue weighted by Gasteiger charge is 2.41. The van der Waals surface area contributed by atoms with Crippen LogP contribution in [0.25, 0.3) is 0 Å². The van der Waals surface area contributed by atoms with Crippen molar-refractivity contribution in [2.75, 3.05) is 6.61 Å². The topological polar surface area (TPSA) is 51.2 Å². The number of hydrogen-bond donors (Lipinski definition) is 1. The molecule has 1 N–H and O–H groups in total. The minimum Gasteiger partial charge on any atom is -0.464 e. The summed E-state index contributed by atoms with van der Waals surface area (Å²) < 4.78 is 5.16.